The highest BCUT2D eigenvalue weighted by Gasteiger charge is 2.41. The van der Waals surface area contributed by atoms with Crippen LogP contribution in [0.5, 0.6) is 0 Å². The van der Waals surface area contributed by atoms with Crippen molar-refractivity contribution in [1.82, 2.24) is 9.71 Å². The first kappa shape index (κ1) is 10.7. The highest BCUT2D eigenvalue weighted by atomic mass is 32.2. The zero-order valence-corrected chi connectivity index (χ0v) is 9.51. The third kappa shape index (κ3) is 2.62. The van der Waals surface area contributed by atoms with Crippen molar-refractivity contribution in [3.05, 3.63) is 29.6 Å². The molecule has 1 heterocycles. The van der Waals surface area contributed by atoms with Gasteiger partial charge in [0.1, 0.15) is 0 Å². The summed E-state index contributed by atoms with van der Waals surface area (Å²) < 4.78 is 13.6. The van der Waals surface area contributed by atoms with Crippen LogP contribution in [0.4, 0.5) is 0 Å². The first-order valence-corrected chi connectivity index (χ1v) is 6.47. The molecule has 1 fully saturated rings. The van der Waals surface area contributed by atoms with E-state index in [0.29, 0.717) is 6.54 Å². The third-order valence-corrected chi connectivity index (χ3v) is 3.15. The van der Waals surface area contributed by atoms with Crippen LogP contribution in [0.2, 0.25) is 0 Å². The number of hydrogen-bond acceptors (Lipinski definition) is 3. The lowest BCUT2D eigenvalue weighted by Crippen LogP contribution is -2.20. The van der Waals surface area contributed by atoms with Crippen LogP contribution in [0.15, 0.2) is 18.3 Å². The predicted molar refractivity (Wildman–Crippen MR) is 60.2 cm³/mol. The highest BCUT2D eigenvalue weighted by molar-refractivity contribution is 7.82. The minimum atomic E-state index is -0.979. The summed E-state index contributed by atoms with van der Waals surface area (Å²) in [6.45, 7) is 0.577. The van der Waals surface area contributed by atoms with Crippen LogP contribution >= 0.6 is 0 Å². The molecule has 0 amide bonds. The van der Waals surface area contributed by atoms with Crippen LogP contribution < -0.4 is 10.5 Å². The summed E-state index contributed by atoms with van der Waals surface area (Å²) >= 11 is 0. The number of nitrogens with two attached hydrogens (primary N) is 1. The van der Waals surface area contributed by atoms with E-state index in [9.17, 15) is 4.21 Å². The van der Waals surface area contributed by atoms with Gasteiger partial charge in [0.05, 0.1) is 22.2 Å². The molecule has 1 atom stereocenters. The van der Waals surface area contributed by atoms with Gasteiger partial charge in [-0.15, -0.1) is 0 Å². The Morgan fingerprint density at radius 1 is 1.60 bits per heavy atom. The van der Waals surface area contributed by atoms with Gasteiger partial charge >= 0.3 is 0 Å². The van der Waals surface area contributed by atoms with Crippen LogP contribution in [0.1, 0.15) is 24.1 Å². The predicted octanol–water partition coefficient (Wildman–Crippen LogP) is 0.412. The molecule has 1 aromatic rings. The molecule has 1 saturated carbocycles. The zero-order valence-electron chi connectivity index (χ0n) is 8.69. The van der Waals surface area contributed by atoms with Gasteiger partial charge in [-0.3, -0.25) is 4.98 Å². The average Bonchev–Trinajstić information content (AvgIpc) is 2.96. The second kappa shape index (κ2) is 4.00. The van der Waals surface area contributed by atoms with Gasteiger partial charge in [0, 0.05) is 19.0 Å². The van der Waals surface area contributed by atoms with E-state index in [1.54, 1.807) is 12.5 Å². The van der Waals surface area contributed by atoms with Crippen molar-refractivity contribution in [3.63, 3.8) is 0 Å². The van der Waals surface area contributed by atoms with Crippen LogP contribution in [0.25, 0.3) is 0 Å². The Bertz CT molecular complexity index is 373. The molecule has 0 bridgehead atoms. The lowest BCUT2D eigenvalue weighted by atomic mass is 10.1. The maximum absolute atomic E-state index is 10.8. The van der Waals surface area contributed by atoms with E-state index in [-0.39, 0.29) is 5.54 Å². The van der Waals surface area contributed by atoms with Crippen molar-refractivity contribution in [3.8, 4) is 0 Å². The normalized spacial score (nSPS) is 19.9. The fraction of sp³-hybridized carbons (Fsp3) is 0.500. The molecule has 0 radical (unpaired) electrons. The molecule has 1 aliphatic rings. The summed E-state index contributed by atoms with van der Waals surface area (Å²) in [4.78, 5) is 4.33. The molecular weight excluding hydrogens is 210 g/mol. The number of pyridine rings is 1. The van der Waals surface area contributed by atoms with Crippen LogP contribution in [-0.2, 0) is 23.1 Å². The smallest absolute Gasteiger partial charge is 0.0886 e. The molecule has 4 nitrogen and oxygen atoms in total. The number of hydrogen-bond donors (Lipinski definition) is 2. The van der Waals surface area contributed by atoms with Gasteiger partial charge in [0.15, 0.2) is 0 Å². The Morgan fingerprint density at radius 3 is 2.80 bits per heavy atom. The maximum atomic E-state index is 10.8. The van der Waals surface area contributed by atoms with Gasteiger partial charge in [-0.1, -0.05) is 6.07 Å². The molecule has 0 aliphatic heterocycles. The molecule has 2 rings (SSSR count). The van der Waals surface area contributed by atoms with E-state index in [0.717, 1.165) is 24.1 Å². The van der Waals surface area contributed by atoms with Gasteiger partial charge < -0.3 is 5.73 Å². The summed E-state index contributed by atoms with van der Waals surface area (Å²) in [6.07, 6.45) is 5.45. The van der Waals surface area contributed by atoms with Crippen molar-refractivity contribution in [2.75, 3.05) is 6.26 Å². The van der Waals surface area contributed by atoms with E-state index >= 15 is 0 Å². The minimum Gasteiger partial charge on any atom is -0.320 e. The van der Waals surface area contributed by atoms with Gasteiger partial charge in [0.2, 0.25) is 0 Å². The monoisotopic (exact) mass is 225 g/mol. The topological polar surface area (TPSA) is 68.0 Å². The molecule has 82 valence electrons. The Balaban J connectivity index is 2.01. The minimum absolute atomic E-state index is 0.167. The molecule has 1 unspecified atom stereocenters. The first-order chi connectivity index (χ1) is 7.10. The fourth-order valence-corrected chi connectivity index (χ4v) is 1.77. The third-order valence-electron chi connectivity index (χ3n) is 2.60. The van der Waals surface area contributed by atoms with Gasteiger partial charge in [-0.05, 0) is 24.5 Å². The summed E-state index contributed by atoms with van der Waals surface area (Å²) in [5, 5.41) is 0. The summed E-state index contributed by atoms with van der Waals surface area (Å²) in [5.41, 5.74) is 7.83. The lowest BCUT2D eigenvalue weighted by molar-refractivity contribution is 0.675. The Morgan fingerprint density at radius 2 is 2.33 bits per heavy atom. The Kier molecular flexibility index (Phi) is 2.86. The van der Waals surface area contributed by atoms with Crippen molar-refractivity contribution in [1.29, 1.82) is 0 Å². The SMILES string of the molecule is CS(=O)NCc1ccc(C2(N)CC2)nc1. The van der Waals surface area contributed by atoms with Crippen molar-refractivity contribution in [2.45, 2.75) is 24.9 Å². The van der Waals surface area contributed by atoms with Gasteiger partial charge in [-0.25, -0.2) is 8.93 Å². The molecule has 3 N–H and O–H groups in total. The first-order valence-electron chi connectivity index (χ1n) is 4.91. The molecule has 0 spiro atoms. The highest BCUT2D eigenvalue weighted by Crippen LogP contribution is 2.41. The van der Waals surface area contributed by atoms with Crippen molar-refractivity contribution in [2.24, 2.45) is 5.73 Å². The zero-order chi connectivity index (χ0) is 10.9. The lowest BCUT2D eigenvalue weighted by Gasteiger charge is -2.08. The molecule has 1 aromatic heterocycles. The van der Waals surface area contributed by atoms with Crippen molar-refractivity contribution >= 4 is 11.0 Å². The molecule has 15 heavy (non-hydrogen) atoms. The summed E-state index contributed by atoms with van der Waals surface area (Å²) in [5.74, 6) is 0. The van der Waals surface area contributed by atoms with E-state index < -0.39 is 11.0 Å². The standard InChI is InChI=1S/C10H15N3OS/c1-15(14)13-7-8-2-3-9(12-6-8)10(11)4-5-10/h2-3,6,13H,4-5,7,11H2,1H3. The fourth-order valence-electron chi connectivity index (χ4n) is 1.40. The number of nitrogens with zero attached hydrogens (tertiary/aromatic N) is 1. The average molecular weight is 225 g/mol. The molecular formula is C10H15N3OS. The molecule has 5 heteroatoms. The van der Waals surface area contributed by atoms with E-state index in [4.69, 9.17) is 5.73 Å². The summed E-state index contributed by atoms with van der Waals surface area (Å²) in [6, 6.07) is 3.94. The Labute approximate surface area is 91.9 Å². The maximum Gasteiger partial charge on any atom is 0.0886 e. The van der Waals surface area contributed by atoms with Crippen molar-refractivity contribution < 1.29 is 4.21 Å². The van der Waals surface area contributed by atoms with Crippen LogP contribution in [-0.4, -0.2) is 15.4 Å². The van der Waals surface area contributed by atoms with Crippen LogP contribution in [0, 0.1) is 0 Å². The molecule has 1 aliphatic carbocycles. The largest absolute Gasteiger partial charge is 0.320 e. The quantitative estimate of drug-likeness (QED) is 0.780. The number of nitrogens with one attached hydrogen (secondary N) is 1. The number of aromatic nitrogens is 1. The van der Waals surface area contributed by atoms with Gasteiger partial charge in [0.25, 0.3) is 0 Å². The van der Waals surface area contributed by atoms with E-state index in [2.05, 4.69) is 9.71 Å². The second-order valence-corrected chi connectivity index (χ2v) is 5.18. The van der Waals surface area contributed by atoms with E-state index in [1.807, 2.05) is 12.1 Å². The summed E-state index contributed by atoms with van der Waals surface area (Å²) in [7, 11) is -0.979. The molecule has 0 saturated heterocycles. The molecule has 0 aromatic carbocycles. The number of rotatable bonds is 4. The Hall–Kier alpha value is -0.780. The van der Waals surface area contributed by atoms with Crippen LogP contribution in [0.3, 0.4) is 0 Å². The second-order valence-electron chi connectivity index (χ2n) is 3.98. The van der Waals surface area contributed by atoms with E-state index in [1.165, 1.54) is 0 Å². The van der Waals surface area contributed by atoms with Gasteiger partial charge in [-0.2, -0.15) is 0 Å².